The molecule has 50 heavy (non-hydrogen) atoms. The normalized spacial score (nSPS) is 19.2. The number of nitrogens with zero attached hydrogens (tertiary/aromatic N) is 2. The van der Waals surface area contributed by atoms with Gasteiger partial charge >= 0.3 is 0 Å². The van der Waals surface area contributed by atoms with E-state index in [-0.39, 0.29) is 10.8 Å². The van der Waals surface area contributed by atoms with Crippen LogP contribution in [-0.2, 0) is 10.8 Å². The van der Waals surface area contributed by atoms with E-state index in [1.165, 1.54) is 47.9 Å². The van der Waals surface area contributed by atoms with Gasteiger partial charge in [0.1, 0.15) is 0 Å². The molecule has 4 heteroatoms. The van der Waals surface area contributed by atoms with Gasteiger partial charge in [-0.3, -0.25) is 0 Å². The molecule has 0 N–H and O–H groups in total. The molecule has 2 bridgehead atoms. The Morgan fingerprint density at radius 1 is 0.400 bits per heavy atom. The van der Waals surface area contributed by atoms with Gasteiger partial charge in [-0.05, 0) is 164 Å². The Bertz CT molecular complexity index is 1960. The van der Waals surface area contributed by atoms with E-state index >= 15 is 0 Å². The largest absolute Gasteiger partial charge is 0.310 e. The van der Waals surface area contributed by atoms with Gasteiger partial charge in [0.15, 0.2) is 0 Å². The van der Waals surface area contributed by atoms with E-state index in [1.54, 1.807) is 11.1 Å². The predicted molar refractivity (Wildman–Crippen MR) is 219 cm³/mol. The third kappa shape index (κ3) is 6.11. The molecule has 0 saturated heterocycles. The van der Waals surface area contributed by atoms with Crippen molar-refractivity contribution in [1.29, 1.82) is 0 Å². The van der Waals surface area contributed by atoms with Crippen LogP contribution in [0.4, 0.5) is 34.1 Å². The molecule has 9 rings (SSSR count). The Balaban J connectivity index is 1.38. The lowest BCUT2D eigenvalue weighted by atomic mass is 9.52. The molecule has 0 aromatic heterocycles. The van der Waals surface area contributed by atoms with Crippen LogP contribution in [0, 0.1) is 13.8 Å². The molecule has 250 valence electrons. The number of hydrogen-bond donors (Lipinski definition) is 0. The zero-order chi connectivity index (χ0) is 34.6. The van der Waals surface area contributed by atoms with E-state index in [2.05, 4.69) is 203 Å². The standard InChI is InChI=1S/C46H42Br2N2/c1-31-5-14-37(15-6-31)49(38-16-7-32(2)8-17-38)41-27-34(33-9-22-43-44(29-33)46(4)25-23-45(43,3)24-26-46)28-42(30-41)50(39-18-10-35(47)11-19-39)40-20-12-36(48)13-21-40/h5-22,27-30H,23-26H2,1-4H3. The van der Waals surface area contributed by atoms with Crippen molar-refractivity contribution in [3.63, 3.8) is 0 Å². The zero-order valence-corrected chi connectivity index (χ0v) is 32.4. The molecule has 6 aromatic rings. The summed E-state index contributed by atoms with van der Waals surface area (Å²) >= 11 is 7.34. The van der Waals surface area contributed by atoms with Crippen molar-refractivity contribution >= 4 is 66.0 Å². The Hall–Kier alpha value is -4.12. The second-order valence-corrected chi connectivity index (χ2v) is 16.7. The molecule has 0 radical (unpaired) electrons. The highest BCUT2D eigenvalue weighted by molar-refractivity contribution is 9.10. The van der Waals surface area contributed by atoms with Gasteiger partial charge < -0.3 is 9.80 Å². The first-order valence-electron chi connectivity index (χ1n) is 17.6. The lowest BCUT2D eigenvalue weighted by Crippen LogP contribution is -2.44. The van der Waals surface area contributed by atoms with Crippen LogP contribution in [0.3, 0.4) is 0 Å². The molecule has 0 unspecified atom stereocenters. The molecule has 0 spiro atoms. The molecule has 0 heterocycles. The predicted octanol–water partition coefficient (Wildman–Crippen LogP) is 14.5. The van der Waals surface area contributed by atoms with E-state index in [0.29, 0.717) is 0 Å². The van der Waals surface area contributed by atoms with Crippen LogP contribution in [0.25, 0.3) is 11.1 Å². The van der Waals surface area contributed by atoms with E-state index in [4.69, 9.17) is 0 Å². The fourth-order valence-corrected chi connectivity index (χ4v) is 8.65. The molecule has 3 aliphatic rings. The molecule has 0 atom stereocenters. The van der Waals surface area contributed by atoms with Crippen LogP contribution < -0.4 is 9.80 Å². The summed E-state index contributed by atoms with van der Waals surface area (Å²) in [6, 6.07) is 49.5. The number of anilines is 6. The number of benzene rings is 6. The number of hydrogen-bond acceptors (Lipinski definition) is 2. The van der Waals surface area contributed by atoms with Crippen LogP contribution in [0.15, 0.2) is 142 Å². The van der Waals surface area contributed by atoms with Crippen molar-refractivity contribution in [2.75, 3.05) is 9.80 Å². The Morgan fingerprint density at radius 3 is 1.20 bits per heavy atom. The van der Waals surface area contributed by atoms with Crippen molar-refractivity contribution in [3.8, 4) is 11.1 Å². The van der Waals surface area contributed by atoms with E-state index in [0.717, 1.165) is 43.1 Å². The summed E-state index contributed by atoms with van der Waals surface area (Å²) in [6.45, 7) is 9.28. The zero-order valence-electron chi connectivity index (χ0n) is 29.2. The van der Waals surface area contributed by atoms with Gasteiger partial charge in [-0.2, -0.15) is 0 Å². The summed E-state index contributed by atoms with van der Waals surface area (Å²) in [6.07, 6.45) is 5.10. The molecular formula is C46H42Br2N2. The molecule has 0 amide bonds. The van der Waals surface area contributed by atoms with Crippen molar-refractivity contribution in [3.05, 3.63) is 165 Å². The van der Waals surface area contributed by atoms with Crippen LogP contribution in [0.1, 0.15) is 61.8 Å². The number of aryl methyl sites for hydroxylation is 2. The van der Waals surface area contributed by atoms with Crippen molar-refractivity contribution in [2.24, 2.45) is 0 Å². The molecule has 6 aromatic carbocycles. The fourth-order valence-electron chi connectivity index (χ4n) is 8.12. The summed E-state index contributed by atoms with van der Waals surface area (Å²) in [7, 11) is 0. The van der Waals surface area contributed by atoms with E-state index < -0.39 is 0 Å². The third-order valence-corrected chi connectivity index (χ3v) is 12.3. The van der Waals surface area contributed by atoms with Gasteiger partial charge in [0.2, 0.25) is 0 Å². The minimum absolute atomic E-state index is 0.236. The maximum atomic E-state index is 3.67. The third-order valence-electron chi connectivity index (χ3n) is 11.3. The SMILES string of the molecule is Cc1ccc(N(c2ccc(C)cc2)c2cc(-c3ccc4c(c3)C3(C)CCC4(C)CC3)cc(N(c3ccc(Br)cc3)c3ccc(Br)cc3)c2)cc1. The topological polar surface area (TPSA) is 6.48 Å². The maximum Gasteiger partial charge on any atom is 0.0488 e. The number of rotatable bonds is 7. The first kappa shape index (κ1) is 33.0. The van der Waals surface area contributed by atoms with Crippen molar-refractivity contribution in [1.82, 2.24) is 0 Å². The second-order valence-electron chi connectivity index (χ2n) is 14.9. The molecule has 1 fully saturated rings. The molecule has 1 saturated carbocycles. The summed E-state index contributed by atoms with van der Waals surface area (Å²) in [5.41, 5.74) is 15.3. The summed E-state index contributed by atoms with van der Waals surface area (Å²) in [5.74, 6) is 0. The molecule has 3 aliphatic carbocycles. The minimum atomic E-state index is 0.236. The Labute approximate surface area is 314 Å². The lowest BCUT2D eigenvalue weighted by Gasteiger charge is -2.52. The van der Waals surface area contributed by atoms with Crippen LogP contribution in [-0.4, -0.2) is 0 Å². The minimum Gasteiger partial charge on any atom is -0.310 e. The number of fused-ring (bicyclic) bond motifs is 2. The van der Waals surface area contributed by atoms with Crippen LogP contribution in [0.2, 0.25) is 0 Å². The number of halogens is 2. The molecule has 2 nitrogen and oxygen atoms in total. The average molecular weight is 783 g/mol. The first-order valence-corrected chi connectivity index (χ1v) is 19.2. The molecule has 0 aliphatic heterocycles. The van der Waals surface area contributed by atoms with Gasteiger partial charge in [0.05, 0.1) is 0 Å². The lowest BCUT2D eigenvalue weighted by molar-refractivity contribution is 0.188. The highest BCUT2D eigenvalue weighted by atomic mass is 79.9. The summed E-state index contributed by atoms with van der Waals surface area (Å²) < 4.78 is 2.11. The van der Waals surface area contributed by atoms with Crippen molar-refractivity contribution < 1.29 is 0 Å². The molecular weight excluding hydrogens is 740 g/mol. The van der Waals surface area contributed by atoms with E-state index in [1.807, 2.05) is 0 Å². The fraction of sp³-hybridized carbons (Fsp3) is 0.217. The van der Waals surface area contributed by atoms with Crippen molar-refractivity contribution in [2.45, 2.75) is 64.2 Å². The first-order chi connectivity index (χ1) is 24.1. The summed E-state index contributed by atoms with van der Waals surface area (Å²) in [4.78, 5) is 4.77. The van der Waals surface area contributed by atoms with Crippen LogP contribution >= 0.6 is 31.9 Å². The Morgan fingerprint density at radius 2 is 0.780 bits per heavy atom. The maximum absolute atomic E-state index is 3.67. The summed E-state index contributed by atoms with van der Waals surface area (Å²) in [5, 5.41) is 0. The van der Waals surface area contributed by atoms with Gasteiger partial charge in [-0.15, -0.1) is 0 Å². The second kappa shape index (κ2) is 12.9. The van der Waals surface area contributed by atoms with Gasteiger partial charge in [0.25, 0.3) is 0 Å². The van der Waals surface area contributed by atoms with Crippen LogP contribution in [0.5, 0.6) is 0 Å². The van der Waals surface area contributed by atoms with Gasteiger partial charge in [-0.1, -0.05) is 99.3 Å². The van der Waals surface area contributed by atoms with Gasteiger partial charge in [-0.25, -0.2) is 0 Å². The Kier molecular flexibility index (Phi) is 8.52. The monoisotopic (exact) mass is 780 g/mol. The van der Waals surface area contributed by atoms with E-state index in [9.17, 15) is 0 Å². The quantitative estimate of drug-likeness (QED) is 0.159. The smallest absolute Gasteiger partial charge is 0.0488 e. The van der Waals surface area contributed by atoms with Gasteiger partial charge in [0, 0.05) is 43.1 Å². The highest BCUT2D eigenvalue weighted by Crippen LogP contribution is 2.57. The average Bonchev–Trinajstić information content (AvgIpc) is 3.13. The highest BCUT2D eigenvalue weighted by Gasteiger charge is 2.47.